The van der Waals surface area contributed by atoms with Gasteiger partial charge in [0.05, 0.1) is 6.04 Å². The monoisotopic (exact) mass is 321 g/mol. The summed E-state index contributed by atoms with van der Waals surface area (Å²) in [5.41, 5.74) is 1.95. The van der Waals surface area contributed by atoms with Crippen LogP contribution in [0.2, 0.25) is 0 Å². The highest BCUT2D eigenvalue weighted by Crippen LogP contribution is 2.16. The highest BCUT2D eigenvalue weighted by molar-refractivity contribution is 5.67. The number of para-hydroxylation sites is 1. The van der Waals surface area contributed by atoms with Gasteiger partial charge in [0.15, 0.2) is 0 Å². The van der Waals surface area contributed by atoms with Crippen molar-refractivity contribution in [1.29, 1.82) is 0 Å². The molecule has 1 N–H and O–H groups in total. The first kappa shape index (κ1) is 15.8. The number of benzene rings is 2. The number of carbonyl (C=O) groups excluding carboxylic acids is 1. The van der Waals surface area contributed by atoms with Gasteiger partial charge in [-0.05, 0) is 24.6 Å². The van der Waals surface area contributed by atoms with Crippen LogP contribution in [0.15, 0.2) is 73.1 Å². The number of alkyl carbamates (subject to hydrolysis) is 1. The van der Waals surface area contributed by atoms with E-state index in [1.54, 1.807) is 6.20 Å². The molecule has 3 aromatic rings. The molecule has 0 radical (unpaired) electrons. The second-order valence-electron chi connectivity index (χ2n) is 5.42. The maximum absolute atomic E-state index is 12.0. The van der Waals surface area contributed by atoms with Gasteiger partial charge >= 0.3 is 6.09 Å². The number of amides is 1. The molecule has 0 aliphatic heterocycles. The highest BCUT2D eigenvalue weighted by Gasteiger charge is 2.16. The molecule has 24 heavy (non-hydrogen) atoms. The quantitative estimate of drug-likeness (QED) is 0.776. The van der Waals surface area contributed by atoms with Crippen molar-refractivity contribution >= 4 is 6.09 Å². The Morgan fingerprint density at radius 3 is 2.50 bits per heavy atom. The van der Waals surface area contributed by atoms with E-state index in [1.165, 1.54) is 0 Å². The van der Waals surface area contributed by atoms with Gasteiger partial charge in [-0.15, -0.1) is 0 Å². The van der Waals surface area contributed by atoms with Crippen molar-refractivity contribution in [2.24, 2.45) is 0 Å². The standard InChI is InChI=1S/C19H19N3O2/c1-15(21-19(23)24-14-16-8-4-2-5-9-16)18-20-12-13-22(18)17-10-6-3-7-11-17/h2-13,15H,14H2,1H3,(H,21,23)/t15-/m0/s1. The maximum Gasteiger partial charge on any atom is 0.408 e. The molecule has 0 unspecified atom stereocenters. The van der Waals surface area contributed by atoms with Crippen LogP contribution in [0.4, 0.5) is 4.79 Å². The molecule has 0 bridgehead atoms. The molecular formula is C19H19N3O2. The predicted molar refractivity (Wildman–Crippen MR) is 91.7 cm³/mol. The first-order valence-electron chi connectivity index (χ1n) is 7.80. The molecule has 122 valence electrons. The van der Waals surface area contributed by atoms with E-state index < -0.39 is 6.09 Å². The lowest BCUT2D eigenvalue weighted by Gasteiger charge is -2.16. The number of carbonyl (C=O) groups is 1. The molecular weight excluding hydrogens is 302 g/mol. The normalized spacial score (nSPS) is 11.7. The number of rotatable bonds is 5. The Morgan fingerprint density at radius 1 is 1.12 bits per heavy atom. The summed E-state index contributed by atoms with van der Waals surface area (Å²) in [7, 11) is 0. The van der Waals surface area contributed by atoms with Crippen LogP contribution in [0.5, 0.6) is 0 Å². The molecule has 0 saturated heterocycles. The molecule has 3 rings (SSSR count). The van der Waals surface area contributed by atoms with E-state index in [1.807, 2.05) is 78.4 Å². The smallest absolute Gasteiger partial charge is 0.408 e. The number of hydrogen-bond acceptors (Lipinski definition) is 3. The molecule has 1 heterocycles. The summed E-state index contributed by atoms with van der Waals surface area (Å²) < 4.78 is 7.20. The average Bonchev–Trinajstić information content (AvgIpc) is 3.11. The van der Waals surface area contributed by atoms with Crippen LogP contribution in [0.3, 0.4) is 0 Å². The molecule has 0 saturated carbocycles. The molecule has 2 aromatic carbocycles. The van der Waals surface area contributed by atoms with Crippen molar-refractivity contribution in [1.82, 2.24) is 14.9 Å². The molecule has 1 amide bonds. The van der Waals surface area contributed by atoms with Crippen molar-refractivity contribution in [3.8, 4) is 5.69 Å². The maximum atomic E-state index is 12.0. The van der Waals surface area contributed by atoms with E-state index in [-0.39, 0.29) is 12.6 Å². The minimum Gasteiger partial charge on any atom is -0.445 e. The second-order valence-corrected chi connectivity index (χ2v) is 5.42. The van der Waals surface area contributed by atoms with Crippen molar-refractivity contribution in [3.05, 3.63) is 84.4 Å². The minimum atomic E-state index is -0.464. The Hall–Kier alpha value is -3.08. The van der Waals surface area contributed by atoms with E-state index in [2.05, 4.69) is 10.3 Å². The van der Waals surface area contributed by atoms with Gasteiger partial charge in [0, 0.05) is 18.1 Å². The van der Waals surface area contributed by atoms with Gasteiger partial charge in [0.25, 0.3) is 0 Å². The number of nitrogens with one attached hydrogen (secondary N) is 1. The third kappa shape index (κ3) is 3.81. The number of aromatic nitrogens is 2. The van der Waals surface area contributed by atoms with Crippen molar-refractivity contribution in [2.45, 2.75) is 19.6 Å². The second kappa shape index (κ2) is 7.46. The predicted octanol–water partition coefficient (Wildman–Crippen LogP) is 3.86. The van der Waals surface area contributed by atoms with Crippen LogP contribution in [-0.2, 0) is 11.3 Å². The molecule has 0 spiro atoms. The zero-order chi connectivity index (χ0) is 16.8. The lowest BCUT2D eigenvalue weighted by molar-refractivity contribution is 0.136. The largest absolute Gasteiger partial charge is 0.445 e. The van der Waals surface area contributed by atoms with E-state index in [0.717, 1.165) is 17.1 Å². The van der Waals surface area contributed by atoms with Gasteiger partial charge in [0.2, 0.25) is 0 Å². The number of nitrogens with zero attached hydrogens (tertiary/aromatic N) is 2. The van der Waals surface area contributed by atoms with Crippen LogP contribution in [-0.4, -0.2) is 15.6 Å². The highest BCUT2D eigenvalue weighted by atomic mass is 16.5. The van der Waals surface area contributed by atoms with Crippen LogP contribution < -0.4 is 5.32 Å². The zero-order valence-electron chi connectivity index (χ0n) is 13.4. The molecule has 1 atom stereocenters. The number of ether oxygens (including phenoxy) is 1. The van der Waals surface area contributed by atoms with E-state index in [9.17, 15) is 4.79 Å². The van der Waals surface area contributed by atoms with Crippen LogP contribution >= 0.6 is 0 Å². The molecule has 5 nitrogen and oxygen atoms in total. The third-order valence-corrected chi connectivity index (χ3v) is 3.64. The Bertz CT molecular complexity index is 785. The van der Waals surface area contributed by atoms with Gasteiger partial charge in [-0.1, -0.05) is 48.5 Å². The fourth-order valence-corrected chi connectivity index (χ4v) is 2.45. The van der Waals surface area contributed by atoms with Gasteiger partial charge in [-0.25, -0.2) is 9.78 Å². The Balaban J connectivity index is 1.62. The Morgan fingerprint density at radius 2 is 1.79 bits per heavy atom. The summed E-state index contributed by atoms with van der Waals surface area (Å²) >= 11 is 0. The van der Waals surface area contributed by atoms with E-state index in [0.29, 0.717) is 0 Å². The first-order valence-corrected chi connectivity index (χ1v) is 7.80. The molecule has 0 fully saturated rings. The summed E-state index contributed by atoms with van der Waals surface area (Å²) in [5, 5.41) is 2.82. The summed E-state index contributed by atoms with van der Waals surface area (Å²) in [4.78, 5) is 16.4. The van der Waals surface area contributed by atoms with Gasteiger partial charge in [-0.3, -0.25) is 0 Å². The summed E-state index contributed by atoms with van der Waals surface area (Å²) in [6.45, 7) is 2.12. The van der Waals surface area contributed by atoms with Gasteiger partial charge in [-0.2, -0.15) is 0 Å². The Labute approximate surface area is 140 Å². The van der Waals surface area contributed by atoms with Gasteiger partial charge in [0.1, 0.15) is 12.4 Å². The Kier molecular flexibility index (Phi) is 4.91. The number of hydrogen-bond donors (Lipinski definition) is 1. The molecule has 5 heteroatoms. The topological polar surface area (TPSA) is 56.1 Å². The van der Waals surface area contributed by atoms with Crippen LogP contribution in [0, 0.1) is 0 Å². The third-order valence-electron chi connectivity index (χ3n) is 3.64. The van der Waals surface area contributed by atoms with Gasteiger partial charge < -0.3 is 14.6 Å². The van der Waals surface area contributed by atoms with E-state index >= 15 is 0 Å². The SMILES string of the molecule is C[C@H](NC(=O)OCc1ccccc1)c1nccn1-c1ccccc1. The van der Waals surface area contributed by atoms with Crippen molar-refractivity contribution in [2.75, 3.05) is 0 Å². The molecule has 0 aliphatic carbocycles. The van der Waals surface area contributed by atoms with E-state index in [4.69, 9.17) is 4.74 Å². The van der Waals surface area contributed by atoms with Crippen LogP contribution in [0.1, 0.15) is 24.4 Å². The zero-order valence-corrected chi connectivity index (χ0v) is 13.4. The summed E-state index contributed by atoms with van der Waals surface area (Å²) in [6.07, 6.45) is 3.13. The summed E-state index contributed by atoms with van der Waals surface area (Å²) in [6, 6.07) is 19.2. The summed E-state index contributed by atoms with van der Waals surface area (Å²) in [5.74, 6) is 0.748. The first-order chi connectivity index (χ1) is 11.7. The fraction of sp³-hybridized carbons (Fsp3) is 0.158. The minimum absolute atomic E-state index is 0.243. The van der Waals surface area contributed by atoms with Crippen LogP contribution in [0.25, 0.3) is 5.69 Å². The molecule has 0 aliphatic rings. The van der Waals surface area contributed by atoms with Crippen molar-refractivity contribution in [3.63, 3.8) is 0 Å². The lowest BCUT2D eigenvalue weighted by Crippen LogP contribution is -2.29. The number of imidazole rings is 1. The average molecular weight is 321 g/mol. The lowest BCUT2D eigenvalue weighted by atomic mass is 10.2. The molecule has 1 aromatic heterocycles. The van der Waals surface area contributed by atoms with Crippen molar-refractivity contribution < 1.29 is 9.53 Å². The fourth-order valence-electron chi connectivity index (χ4n) is 2.45.